The predicted octanol–water partition coefficient (Wildman–Crippen LogP) is -1.55. The summed E-state index contributed by atoms with van der Waals surface area (Å²) in [5.41, 5.74) is 0. The Morgan fingerprint density at radius 1 is 1.44 bits per heavy atom. The first-order valence-corrected chi connectivity index (χ1v) is 2.35. The molecule has 0 aromatic heterocycles. The summed E-state index contributed by atoms with van der Waals surface area (Å²) in [6.07, 6.45) is 0. The molecule has 9 heavy (non-hydrogen) atoms. The number of carbonyl (C=O) groups excluding carboxylic acids is 1. The molecule has 0 aliphatic heterocycles. The van der Waals surface area contributed by atoms with Gasteiger partial charge in [-0.05, 0) is 0 Å². The predicted molar refractivity (Wildman–Crippen MR) is 26.2 cm³/mol. The molecule has 0 spiro atoms. The largest absolute Gasteiger partial charge is 0.394 e. The highest BCUT2D eigenvalue weighted by atomic mass is 17.2. The molecule has 0 aliphatic rings. The van der Waals surface area contributed by atoms with Gasteiger partial charge >= 0.3 is 5.97 Å². The Labute approximate surface area is 51.7 Å². The van der Waals surface area contributed by atoms with Crippen molar-refractivity contribution < 1.29 is 24.8 Å². The van der Waals surface area contributed by atoms with Crippen molar-refractivity contribution in [1.29, 1.82) is 0 Å². The molecular formula is C4H8O5. The summed E-state index contributed by atoms with van der Waals surface area (Å²) < 4.78 is 0. The van der Waals surface area contributed by atoms with Gasteiger partial charge in [0.2, 0.25) is 0 Å². The van der Waals surface area contributed by atoms with Crippen LogP contribution in [0, 0.1) is 0 Å². The molecule has 0 bridgehead atoms. The van der Waals surface area contributed by atoms with Gasteiger partial charge in [-0.1, -0.05) is 0 Å². The molecule has 0 aromatic carbocycles. The first kappa shape index (κ1) is 8.35. The highest BCUT2D eigenvalue weighted by Gasteiger charge is 1.98. The number of aliphatic hydroxyl groups is 2. The van der Waals surface area contributed by atoms with E-state index in [2.05, 4.69) is 9.78 Å². The first-order chi connectivity index (χ1) is 4.31. The fourth-order valence-electron chi connectivity index (χ4n) is 0.171. The quantitative estimate of drug-likeness (QED) is 0.278. The van der Waals surface area contributed by atoms with E-state index < -0.39 is 12.6 Å². The van der Waals surface area contributed by atoms with Crippen molar-refractivity contribution in [2.45, 2.75) is 0 Å². The van der Waals surface area contributed by atoms with Crippen LogP contribution in [0.3, 0.4) is 0 Å². The highest BCUT2D eigenvalue weighted by Crippen LogP contribution is 1.77. The van der Waals surface area contributed by atoms with Gasteiger partial charge in [-0.25, -0.2) is 4.79 Å². The maximum Gasteiger partial charge on any atom is 0.367 e. The maximum absolute atomic E-state index is 10.0. The Kier molecular flexibility index (Phi) is 5.09. The summed E-state index contributed by atoms with van der Waals surface area (Å²) in [6.45, 7) is -1.02. The topological polar surface area (TPSA) is 76.0 Å². The highest BCUT2D eigenvalue weighted by molar-refractivity contribution is 5.69. The van der Waals surface area contributed by atoms with Crippen molar-refractivity contribution in [3.63, 3.8) is 0 Å². The molecule has 0 fully saturated rings. The van der Waals surface area contributed by atoms with Crippen molar-refractivity contribution in [2.75, 3.05) is 19.8 Å². The van der Waals surface area contributed by atoms with Gasteiger partial charge in [-0.15, -0.1) is 0 Å². The zero-order chi connectivity index (χ0) is 7.11. The van der Waals surface area contributed by atoms with Crippen molar-refractivity contribution in [1.82, 2.24) is 0 Å². The Balaban J connectivity index is 2.97. The van der Waals surface area contributed by atoms with Gasteiger partial charge in [0.25, 0.3) is 0 Å². The zero-order valence-electron chi connectivity index (χ0n) is 4.74. The van der Waals surface area contributed by atoms with Crippen LogP contribution in [0.5, 0.6) is 0 Å². The Hall–Kier alpha value is -0.650. The molecule has 54 valence electrons. The summed E-state index contributed by atoms with van der Waals surface area (Å²) in [5, 5.41) is 16.1. The molecule has 0 unspecified atom stereocenters. The van der Waals surface area contributed by atoms with Crippen molar-refractivity contribution in [3.8, 4) is 0 Å². The van der Waals surface area contributed by atoms with Crippen LogP contribution in [0.15, 0.2) is 0 Å². The molecule has 0 aromatic rings. The van der Waals surface area contributed by atoms with Crippen LogP contribution >= 0.6 is 0 Å². The molecule has 0 saturated carbocycles. The average molecular weight is 136 g/mol. The number of rotatable bonds is 4. The normalized spacial score (nSPS) is 9.11. The van der Waals surface area contributed by atoms with Gasteiger partial charge in [0, 0.05) is 0 Å². The number of hydrogen-bond acceptors (Lipinski definition) is 5. The van der Waals surface area contributed by atoms with Gasteiger partial charge in [0.05, 0.1) is 6.61 Å². The molecule has 0 amide bonds. The van der Waals surface area contributed by atoms with Crippen LogP contribution in [0.2, 0.25) is 0 Å². The molecule has 5 heteroatoms. The van der Waals surface area contributed by atoms with E-state index in [1.54, 1.807) is 0 Å². The average Bonchev–Trinajstić information content (AvgIpc) is 1.89. The molecule has 0 rings (SSSR count). The van der Waals surface area contributed by atoms with Gasteiger partial charge in [0.15, 0.2) is 0 Å². The lowest BCUT2D eigenvalue weighted by atomic mass is 10.8. The van der Waals surface area contributed by atoms with E-state index in [-0.39, 0.29) is 13.2 Å². The Bertz CT molecular complexity index is 81.0. The lowest BCUT2D eigenvalue weighted by Crippen LogP contribution is -2.11. The van der Waals surface area contributed by atoms with Crippen LogP contribution in [-0.2, 0) is 14.6 Å². The molecule has 5 nitrogen and oxygen atoms in total. The number of hydrogen-bond donors (Lipinski definition) is 2. The summed E-state index contributed by atoms with van der Waals surface area (Å²) in [4.78, 5) is 18.0. The zero-order valence-corrected chi connectivity index (χ0v) is 4.74. The van der Waals surface area contributed by atoms with Crippen molar-refractivity contribution >= 4 is 5.97 Å². The third-order valence-corrected chi connectivity index (χ3v) is 0.456. The van der Waals surface area contributed by atoms with Crippen LogP contribution in [0.25, 0.3) is 0 Å². The van der Waals surface area contributed by atoms with Crippen LogP contribution in [-0.4, -0.2) is 36.0 Å². The van der Waals surface area contributed by atoms with Crippen molar-refractivity contribution in [3.05, 3.63) is 0 Å². The van der Waals surface area contributed by atoms with Crippen LogP contribution in [0.1, 0.15) is 0 Å². The van der Waals surface area contributed by atoms with Crippen LogP contribution in [0.4, 0.5) is 0 Å². The fourth-order valence-corrected chi connectivity index (χ4v) is 0.171. The lowest BCUT2D eigenvalue weighted by molar-refractivity contribution is -0.276. The minimum absolute atomic E-state index is 0.0776. The van der Waals surface area contributed by atoms with E-state index in [4.69, 9.17) is 10.2 Å². The second-order valence-electron chi connectivity index (χ2n) is 1.16. The second kappa shape index (κ2) is 5.49. The Morgan fingerprint density at radius 3 is 2.56 bits per heavy atom. The van der Waals surface area contributed by atoms with E-state index in [9.17, 15) is 4.79 Å². The van der Waals surface area contributed by atoms with Gasteiger partial charge in [-0.2, -0.15) is 4.89 Å². The van der Waals surface area contributed by atoms with E-state index >= 15 is 0 Å². The molecular weight excluding hydrogens is 128 g/mol. The molecule has 0 heterocycles. The second-order valence-corrected chi connectivity index (χ2v) is 1.16. The minimum Gasteiger partial charge on any atom is -0.394 e. The Morgan fingerprint density at radius 2 is 2.11 bits per heavy atom. The van der Waals surface area contributed by atoms with E-state index in [0.29, 0.717) is 0 Å². The van der Waals surface area contributed by atoms with E-state index in [1.165, 1.54) is 0 Å². The third kappa shape index (κ3) is 5.22. The van der Waals surface area contributed by atoms with Crippen molar-refractivity contribution in [2.24, 2.45) is 0 Å². The van der Waals surface area contributed by atoms with Crippen LogP contribution < -0.4 is 0 Å². The fraction of sp³-hybridized carbons (Fsp3) is 0.750. The molecule has 2 N–H and O–H groups in total. The van der Waals surface area contributed by atoms with Gasteiger partial charge < -0.3 is 10.2 Å². The molecule has 0 atom stereocenters. The molecule has 0 radical (unpaired) electrons. The summed E-state index contributed by atoms with van der Waals surface area (Å²) >= 11 is 0. The van der Waals surface area contributed by atoms with E-state index in [0.717, 1.165) is 0 Å². The van der Waals surface area contributed by atoms with E-state index in [1.807, 2.05) is 0 Å². The standard InChI is InChI=1S/C4H8O5/c5-1-2-8-9-4(7)3-6/h5-6H,1-3H2. The van der Waals surface area contributed by atoms with Gasteiger partial charge in [0.1, 0.15) is 13.2 Å². The first-order valence-electron chi connectivity index (χ1n) is 2.35. The summed E-state index contributed by atoms with van der Waals surface area (Å²) in [7, 11) is 0. The minimum atomic E-state index is -0.872. The maximum atomic E-state index is 10.0. The molecule has 0 saturated heterocycles. The monoisotopic (exact) mass is 136 g/mol. The van der Waals surface area contributed by atoms with Gasteiger partial charge in [-0.3, -0.25) is 4.89 Å². The lowest BCUT2D eigenvalue weighted by Gasteiger charge is -1.97. The number of aliphatic hydroxyl groups excluding tert-OH is 2. The third-order valence-electron chi connectivity index (χ3n) is 0.456. The SMILES string of the molecule is O=C(CO)OOCCO. The summed E-state index contributed by atoms with van der Waals surface area (Å²) in [5.74, 6) is -0.872. The smallest absolute Gasteiger partial charge is 0.367 e. The molecule has 0 aliphatic carbocycles. The summed E-state index contributed by atoms with van der Waals surface area (Å²) in [6, 6.07) is 0. The number of carbonyl (C=O) groups is 1.